The third-order valence-corrected chi connectivity index (χ3v) is 7.03. The number of phenols is 1. The molecule has 0 radical (unpaired) electrons. The maximum atomic E-state index is 13.4. The molecule has 0 aliphatic carbocycles. The minimum atomic E-state index is -4.17. The van der Waals surface area contributed by atoms with Crippen LogP contribution in [0.4, 0.5) is 5.69 Å². The van der Waals surface area contributed by atoms with Gasteiger partial charge in [-0.25, -0.2) is 8.42 Å². The van der Waals surface area contributed by atoms with E-state index in [4.69, 9.17) is 33.2 Å². The van der Waals surface area contributed by atoms with E-state index in [0.29, 0.717) is 28.4 Å². The van der Waals surface area contributed by atoms with Crippen LogP contribution in [0, 0.1) is 0 Å². The Labute approximate surface area is 227 Å². The Morgan fingerprint density at radius 2 is 1.08 bits per heavy atom. The quantitative estimate of drug-likeness (QED) is 0.242. The van der Waals surface area contributed by atoms with Crippen LogP contribution >= 0.6 is 0 Å². The summed E-state index contributed by atoms with van der Waals surface area (Å²) in [4.78, 5) is -0.136. The van der Waals surface area contributed by atoms with E-state index in [1.54, 1.807) is 24.3 Å². The van der Waals surface area contributed by atoms with Crippen LogP contribution in [0.5, 0.6) is 46.0 Å². The van der Waals surface area contributed by atoms with Crippen molar-refractivity contribution in [3.63, 3.8) is 0 Å². The van der Waals surface area contributed by atoms with E-state index in [-0.39, 0.29) is 39.3 Å². The molecule has 12 heteroatoms. The van der Waals surface area contributed by atoms with Gasteiger partial charge in [-0.1, -0.05) is 12.2 Å². The van der Waals surface area contributed by atoms with Crippen LogP contribution in [0.15, 0.2) is 41.3 Å². The Hall–Kier alpha value is -4.45. The largest absolute Gasteiger partial charge is 0.504 e. The summed E-state index contributed by atoms with van der Waals surface area (Å²) < 4.78 is 66.7. The van der Waals surface area contributed by atoms with E-state index in [1.165, 1.54) is 74.0 Å². The Morgan fingerprint density at radius 3 is 1.51 bits per heavy atom. The first-order valence-corrected chi connectivity index (χ1v) is 12.9. The van der Waals surface area contributed by atoms with Gasteiger partial charge < -0.3 is 38.3 Å². The molecule has 3 aromatic rings. The first-order chi connectivity index (χ1) is 18.7. The van der Waals surface area contributed by atoms with E-state index in [2.05, 4.69) is 4.72 Å². The molecule has 210 valence electrons. The summed E-state index contributed by atoms with van der Waals surface area (Å²) in [6.07, 6.45) is 3.32. The summed E-state index contributed by atoms with van der Waals surface area (Å²) in [6.45, 7) is 0. The average molecular weight is 562 g/mol. The number of hydrogen-bond donors (Lipinski definition) is 2. The predicted molar refractivity (Wildman–Crippen MR) is 147 cm³/mol. The molecule has 0 aliphatic rings. The molecular weight excluding hydrogens is 530 g/mol. The highest BCUT2D eigenvalue weighted by Gasteiger charge is 2.23. The van der Waals surface area contributed by atoms with Crippen molar-refractivity contribution in [1.29, 1.82) is 0 Å². The van der Waals surface area contributed by atoms with Gasteiger partial charge in [0.1, 0.15) is 0 Å². The molecule has 3 aromatic carbocycles. The molecule has 0 amide bonds. The normalized spacial score (nSPS) is 11.2. The van der Waals surface area contributed by atoms with Crippen LogP contribution in [-0.2, 0) is 10.0 Å². The predicted octanol–water partition coefficient (Wildman–Crippen LogP) is 4.42. The molecule has 39 heavy (non-hydrogen) atoms. The maximum absolute atomic E-state index is 13.4. The highest BCUT2D eigenvalue weighted by Crippen LogP contribution is 2.41. The number of hydrogen-bond acceptors (Lipinski definition) is 10. The first kappa shape index (κ1) is 29.1. The van der Waals surface area contributed by atoms with Gasteiger partial charge in [0, 0.05) is 23.8 Å². The minimum absolute atomic E-state index is 0.0718. The maximum Gasteiger partial charge on any atom is 0.262 e. The van der Waals surface area contributed by atoms with Gasteiger partial charge in [-0.2, -0.15) is 0 Å². The molecule has 0 bridgehead atoms. The molecule has 0 heterocycles. The third kappa shape index (κ3) is 6.17. The average Bonchev–Trinajstić information content (AvgIpc) is 2.95. The molecule has 0 aromatic heterocycles. The number of benzene rings is 3. The molecule has 0 aliphatic heterocycles. The van der Waals surface area contributed by atoms with Gasteiger partial charge in [0.25, 0.3) is 10.0 Å². The van der Waals surface area contributed by atoms with Crippen molar-refractivity contribution >= 4 is 27.9 Å². The Balaban J connectivity index is 2.10. The molecule has 0 fully saturated rings. The lowest BCUT2D eigenvalue weighted by Crippen LogP contribution is -2.14. The molecule has 11 nitrogen and oxygen atoms in total. The summed E-state index contributed by atoms with van der Waals surface area (Å²) >= 11 is 0. The summed E-state index contributed by atoms with van der Waals surface area (Å²) in [7, 11) is 5.89. The monoisotopic (exact) mass is 561 g/mol. The Kier molecular flexibility index (Phi) is 9.25. The van der Waals surface area contributed by atoms with Gasteiger partial charge >= 0.3 is 0 Å². The van der Waals surface area contributed by atoms with Crippen molar-refractivity contribution < 1.29 is 46.7 Å². The van der Waals surface area contributed by atoms with Gasteiger partial charge in [-0.15, -0.1) is 0 Å². The fraction of sp³-hybridized carbons (Fsp3) is 0.259. The SMILES string of the molecule is COc1cc(NS(=O)(=O)c2cc(OC)c(OC)c(OC)c2)c(C=Cc2cc(OC)c(OC)c(OC)c2)cc1O. The second-order valence-corrected chi connectivity index (χ2v) is 9.55. The summed E-state index contributed by atoms with van der Waals surface area (Å²) in [5, 5.41) is 10.4. The van der Waals surface area contributed by atoms with E-state index in [0.717, 1.165) is 0 Å². The number of aromatic hydroxyl groups is 1. The fourth-order valence-electron chi connectivity index (χ4n) is 3.77. The van der Waals surface area contributed by atoms with Gasteiger partial charge in [-0.3, -0.25) is 4.72 Å². The van der Waals surface area contributed by atoms with Crippen LogP contribution in [0.25, 0.3) is 12.2 Å². The zero-order valence-electron chi connectivity index (χ0n) is 22.6. The fourth-order valence-corrected chi connectivity index (χ4v) is 4.88. The summed E-state index contributed by atoms with van der Waals surface area (Å²) in [6, 6.07) is 8.82. The second kappa shape index (κ2) is 12.4. The number of sulfonamides is 1. The number of methoxy groups -OCH3 is 7. The Bertz CT molecular complexity index is 1420. The van der Waals surface area contributed by atoms with Crippen LogP contribution in [0.1, 0.15) is 11.1 Å². The molecule has 0 spiro atoms. The summed E-state index contributed by atoms with van der Waals surface area (Å²) in [5.74, 6) is 1.79. The molecule has 2 N–H and O–H groups in total. The van der Waals surface area contributed by atoms with Crippen LogP contribution < -0.4 is 37.9 Å². The number of nitrogens with one attached hydrogen (secondary N) is 1. The van der Waals surface area contributed by atoms with E-state index < -0.39 is 10.0 Å². The van der Waals surface area contributed by atoms with Crippen molar-refractivity contribution in [2.75, 3.05) is 54.5 Å². The minimum Gasteiger partial charge on any atom is -0.504 e. The van der Waals surface area contributed by atoms with Crippen molar-refractivity contribution in [3.05, 3.63) is 47.5 Å². The van der Waals surface area contributed by atoms with E-state index in [1.807, 2.05) is 0 Å². The smallest absolute Gasteiger partial charge is 0.262 e. The number of ether oxygens (including phenoxy) is 7. The topological polar surface area (TPSA) is 131 Å². The molecule has 3 rings (SSSR count). The van der Waals surface area contributed by atoms with Gasteiger partial charge in [0.15, 0.2) is 34.5 Å². The summed E-state index contributed by atoms with van der Waals surface area (Å²) in [5.41, 5.74) is 1.15. The number of rotatable bonds is 12. The highest BCUT2D eigenvalue weighted by atomic mass is 32.2. The van der Waals surface area contributed by atoms with E-state index in [9.17, 15) is 13.5 Å². The Morgan fingerprint density at radius 1 is 0.615 bits per heavy atom. The van der Waals surface area contributed by atoms with Crippen molar-refractivity contribution in [2.24, 2.45) is 0 Å². The lowest BCUT2D eigenvalue weighted by molar-refractivity contribution is 0.323. The van der Waals surface area contributed by atoms with Crippen LogP contribution in [0.2, 0.25) is 0 Å². The molecular formula is C27H31NO10S. The van der Waals surface area contributed by atoms with Crippen LogP contribution in [-0.4, -0.2) is 63.3 Å². The van der Waals surface area contributed by atoms with Crippen molar-refractivity contribution in [1.82, 2.24) is 0 Å². The number of phenolic OH excluding ortho intramolecular Hbond substituents is 1. The molecule has 0 saturated heterocycles. The zero-order chi connectivity index (χ0) is 28.7. The van der Waals surface area contributed by atoms with Crippen molar-refractivity contribution in [2.45, 2.75) is 4.90 Å². The highest BCUT2D eigenvalue weighted by molar-refractivity contribution is 7.92. The standard InChI is InChI=1S/C27H31NO10S/c1-32-21-15-19(28-39(30,31)18-13-24(35-4)27(38-7)25(14-18)36-5)17(12-20(21)29)9-8-16-10-22(33-2)26(37-6)23(11-16)34-3/h8-15,28-29H,1-7H3. The van der Waals surface area contributed by atoms with Gasteiger partial charge in [0.05, 0.1) is 60.4 Å². The van der Waals surface area contributed by atoms with Crippen LogP contribution in [0.3, 0.4) is 0 Å². The molecule has 0 atom stereocenters. The second-order valence-electron chi connectivity index (χ2n) is 7.87. The lowest BCUT2D eigenvalue weighted by atomic mass is 10.1. The molecule has 0 unspecified atom stereocenters. The first-order valence-electron chi connectivity index (χ1n) is 11.4. The lowest BCUT2D eigenvalue weighted by Gasteiger charge is -2.16. The van der Waals surface area contributed by atoms with Crippen molar-refractivity contribution in [3.8, 4) is 46.0 Å². The van der Waals surface area contributed by atoms with Gasteiger partial charge in [0.2, 0.25) is 11.5 Å². The number of anilines is 1. The third-order valence-electron chi connectivity index (χ3n) is 5.69. The van der Waals surface area contributed by atoms with Gasteiger partial charge in [-0.05, 0) is 23.8 Å². The zero-order valence-corrected chi connectivity index (χ0v) is 23.5. The van der Waals surface area contributed by atoms with E-state index >= 15 is 0 Å². The molecule has 0 saturated carbocycles.